The monoisotopic (exact) mass is 557 g/mol. The molecule has 14 heteroatoms. The molecule has 220 valence electrons. The van der Waals surface area contributed by atoms with Gasteiger partial charge >= 0.3 is 11.9 Å². The summed E-state index contributed by atoms with van der Waals surface area (Å²) in [5.74, 6) is -1.80. The Morgan fingerprint density at radius 2 is 1.62 bits per heavy atom. The van der Waals surface area contributed by atoms with Crippen molar-refractivity contribution in [2.45, 2.75) is 78.6 Å². The van der Waals surface area contributed by atoms with Gasteiger partial charge in [-0.15, -0.1) is 0 Å². The number of aliphatic carboxylic acids is 1. The van der Waals surface area contributed by atoms with E-state index in [1.165, 1.54) is 39.4 Å². The van der Waals surface area contributed by atoms with Crippen LogP contribution in [0.2, 0.25) is 0 Å². The highest BCUT2D eigenvalue weighted by atomic mass is 17.2. The molecule has 0 unspecified atom stereocenters. The van der Waals surface area contributed by atoms with Crippen molar-refractivity contribution in [3.63, 3.8) is 0 Å². The van der Waals surface area contributed by atoms with Gasteiger partial charge in [0.05, 0.1) is 36.4 Å². The van der Waals surface area contributed by atoms with Crippen LogP contribution in [-0.2, 0) is 29.0 Å². The average molecular weight is 558 g/mol. The molecule has 1 aromatic carbocycles. The molecule has 0 aliphatic rings. The standard InChI is InChI=1S/C13H25NO6.C12H14N2O5/c1-12(2,3)19-14-9(7-8-10(15)16)11(17)18-20-13(4,5)6;1-7(12(13)15)4-8-5-10(18-2)11(19-3)6-9(8)14(16)17/h9,14H,7-8H2,1-6H3,(H,15,16);4-6H,1-3H3,(H2,13,15)/t9-;/m0./s1. The number of carboxylic acid groups (broad SMARTS) is 1. The van der Waals surface area contributed by atoms with Crippen molar-refractivity contribution in [2.75, 3.05) is 14.2 Å². The lowest BCUT2D eigenvalue weighted by atomic mass is 10.1. The summed E-state index contributed by atoms with van der Waals surface area (Å²) >= 11 is 0. The van der Waals surface area contributed by atoms with E-state index in [9.17, 15) is 24.5 Å². The van der Waals surface area contributed by atoms with E-state index in [1.54, 1.807) is 41.5 Å². The molecule has 0 aliphatic heterocycles. The second kappa shape index (κ2) is 15.6. The first-order valence-electron chi connectivity index (χ1n) is 11.7. The van der Waals surface area contributed by atoms with Crippen molar-refractivity contribution in [2.24, 2.45) is 5.73 Å². The van der Waals surface area contributed by atoms with Crippen molar-refractivity contribution in [1.82, 2.24) is 5.48 Å². The fourth-order valence-electron chi connectivity index (χ4n) is 2.43. The van der Waals surface area contributed by atoms with E-state index >= 15 is 0 Å². The number of amides is 1. The normalized spacial score (nSPS) is 12.5. The van der Waals surface area contributed by atoms with Crippen LogP contribution in [0.4, 0.5) is 5.69 Å². The van der Waals surface area contributed by atoms with Crippen LogP contribution in [0.15, 0.2) is 17.7 Å². The molecule has 14 nitrogen and oxygen atoms in total. The summed E-state index contributed by atoms with van der Waals surface area (Å²) in [4.78, 5) is 58.7. The second-order valence-corrected chi connectivity index (χ2v) is 10.1. The molecular weight excluding hydrogens is 518 g/mol. The summed E-state index contributed by atoms with van der Waals surface area (Å²) in [5, 5.41) is 19.7. The van der Waals surface area contributed by atoms with Gasteiger partial charge in [0.1, 0.15) is 11.6 Å². The summed E-state index contributed by atoms with van der Waals surface area (Å²) in [7, 11) is 2.80. The van der Waals surface area contributed by atoms with E-state index < -0.39 is 40.0 Å². The summed E-state index contributed by atoms with van der Waals surface area (Å²) in [6.45, 7) is 12.0. The molecule has 39 heavy (non-hydrogen) atoms. The number of benzene rings is 1. The summed E-state index contributed by atoms with van der Waals surface area (Å²) < 4.78 is 10.1. The zero-order valence-electron chi connectivity index (χ0n) is 23.8. The quantitative estimate of drug-likeness (QED) is 0.147. The van der Waals surface area contributed by atoms with Gasteiger partial charge in [0, 0.05) is 12.0 Å². The number of nitro groups is 1. The Hall–Kier alpha value is -3.75. The molecule has 0 spiro atoms. The number of hydrogen-bond donors (Lipinski definition) is 3. The number of hydrogen-bond acceptors (Lipinski definition) is 11. The number of primary amides is 1. The second-order valence-electron chi connectivity index (χ2n) is 10.1. The minimum absolute atomic E-state index is 0.0394. The average Bonchev–Trinajstić information content (AvgIpc) is 2.81. The number of hydroxylamine groups is 1. The first kappa shape index (κ1) is 35.2. The summed E-state index contributed by atoms with van der Waals surface area (Å²) in [5.41, 5.74) is 6.70. The molecule has 0 saturated carbocycles. The molecule has 0 heterocycles. The Bertz CT molecular complexity index is 1040. The van der Waals surface area contributed by atoms with Crippen LogP contribution in [0.3, 0.4) is 0 Å². The van der Waals surface area contributed by atoms with Crippen LogP contribution in [0.1, 0.15) is 66.9 Å². The molecule has 0 fully saturated rings. The third kappa shape index (κ3) is 14.7. The Morgan fingerprint density at radius 3 is 2.03 bits per heavy atom. The van der Waals surface area contributed by atoms with Gasteiger partial charge in [-0.05, 0) is 67.0 Å². The smallest absolute Gasteiger partial charge is 0.361 e. The molecule has 1 rings (SSSR count). The molecule has 1 aromatic rings. The zero-order chi connectivity index (χ0) is 30.6. The molecule has 0 aromatic heterocycles. The zero-order valence-corrected chi connectivity index (χ0v) is 23.8. The first-order valence-corrected chi connectivity index (χ1v) is 11.7. The highest BCUT2D eigenvalue weighted by Gasteiger charge is 2.26. The largest absolute Gasteiger partial charge is 0.493 e. The molecule has 1 atom stereocenters. The first-order chi connectivity index (χ1) is 17.8. The lowest BCUT2D eigenvalue weighted by Crippen LogP contribution is -2.43. The van der Waals surface area contributed by atoms with Gasteiger partial charge < -0.3 is 20.3 Å². The highest BCUT2D eigenvalue weighted by Crippen LogP contribution is 2.35. The molecule has 0 radical (unpaired) electrons. The van der Waals surface area contributed by atoms with Crippen LogP contribution in [0.5, 0.6) is 11.5 Å². The van der Waals surface area contributed by atoms with Crippen LogP contribution in [0, 0.1) is 10.1 Å². The molecule has 0 bridgehead atoms. The number of rotatable bonds is 12. The van der Waals surface area contributed by atoms with Gasteiger partial charge in [-0.1, -0.05) is 0 Å². The fourth-order valence-corrected chi connectivity index (χ4v) is 2.43. The maximum absolute atomic E-state index is 11.8. The van der Waals surface area contributed by atoms with Crippen LogP contribution >= 0.6 is 0 Å². The Kier molecular flexibility index (Phi) is 14.1. The van der Waals surface area contributed by atoms with Crippen molar-refractivity contribution >= 4 is 29.6 Å². The van der Waals surface area contributed by atoms with Crippen LogP contribution in [-0.4, -0.2) is 59.3 Å². The molecule has 0 saturated heterocycles. The minimum atomic E-state index is -1.00. The SMILES string of the molecule is CC(C)(C)ON[C@@H](CCC(=O)O)C(=O)OOC(C)(C)C.COc1cc(C=C(C)C(N)=O)c([N+](=O)[O-])cc1OC. The van der Waals surface area contributed by atoms with E-state index in [0.717, 1.165) is 0 Å². The lowest BCUT2D eigenvalue weighted by molar-refractivity contribution is -0.385. The number of ether oxygens (including phenoxy) is 2. The van der Waals surface area contributed by atoms with Crippen molar-refractivity contribution in [3.05, 3.63) is 33.4 Å². The Labute approximate surface area is 227 Å². The number of carbonyl (C=O) groups is 3. The lowest BCUT2D eigenvalue weighted by Gasteiger charge is -2.24. The van der Waals surface area contributed by atoms with Crippen LogP contribution < -0.4 is 20.7 Å². The van der Waals surface area contributed by atoms with E-state index in [1.807, 2.05) is 0 Å². The maximum Gasteiger partial charge on any atom is 0.361 e. The number of nitro benzene ring substituents is 1. The van der Waals surface area contributed by atoms with Crippen molar-refractivity contribution in [3.8, 4) is 11.5 Å². The molecular formula is C25H39N3O11. The van der Waals surface area contributed by atoms with Gasteiger partial charge in [-0.2, -0.15) is 10.4 Å². The van der Waals surface area contributed by atoms with Gasteiger partial charge in [0.2, 0.25) is 5.91 Å². The Balaban J connectivity index is 0.000000741. The topological polar surface area (TPSA) is 199 Å². The summed E-state index contributed by atoms with van der Waals surface area (Å²) in [6, 6.07) is 1.75. The maximum atomic E-state index is 11.8. The van der Waals surface area contributed by atoms with Gasteiger partial charge in [-0.25, -0.2) is 4.79 Å². The molecule has 4 N–H and O–H groups in total. The molecule has 0 aliphatic carbocycles. The van der Waals surface area contributed by atoms with Gasteiger partial charge in [-0.3, -0.25) is 29.4 Å². The van der Waals surface area contributed by atoms with Gasteiger partial charge in [0.25, 0.3) is 5.69 Å². The van der Waals surface area contributed by atoms with E-state index in [2.05, 4.69) is 5.48 Å². The van der Waals surface area contributed by atoms with E-state index in [4.69, 9.17) is 34.9 Å². The number of carboxylic acids is 1. The summed E-state index contributed by atoms with van der Waals surface area (Å²) in [6.07, 6.45) is 1.19. The predicted octanol–water partition coefficient (Wildman–Crippen LogP) is 3.31. The predicted molar refractivity (Wildman–Crippen MR) is 141 cm³/mol. The third-order valence-electron chi connectivity index (χ3n) is 4.30. The van der Waals surface area contributed by atoms with E-state index in [-0.39, 0.29) is 35.4 Å². The highest BCUT2D eigenvalue weighted by molar-refractivity contribution is 5.96. The number of nitrogens with zero attached hydrogens (tertiary/aromatic N) is 1. The number of carbonyl (C=O) groups excluding carboxylic acids is 2. The fraction of sp³-hybridized carbons (Fsp3) is 0.560. The molecule has 1 amide bonds. The minimum Gasteiger partial charge on any atom is -0.493 e. The van der Waals surface area contributed by atoms with Crippen LogP contribution in [0.25, 0.3) is 6.08 Å². The van der Waals surface area contributed by atoms with Crippen molar-refractivity contribution < 1.29 is 48.5 Å². The third-order valence-corrected chi connectivity index (χ3v) is 4.30. The Morgan fingerprint density at radius 1 is 1.08 bits per heavy atom. The number of nitrogens with two attached hydrogens (primary N) is 1. The number of methoxy groups -OCH3 is 2. The van der Waals surface area contributed by atoms with Crippen molar-refractivity contribution in [1.29, 1.82) is 0 Å². The van der Waals surface area contributed by atoms with Gasteiger partial charge in [0.15, 0.2) is 11.5 Å². The van der Waals surface area contributed by atoms with E-state index in [0.29, 0.717) is 5.75 Å². The number of nitrogens with one attached hydrogen (secondary N) is 1.